The molecule has 0 bridgehead atoms. The zero-order valence-electron chi connectivity index (χ0n) is 11.5. The van der Waals surface area contributed by atoms with Gasteiger partial charge in [-0.2, -0.15) is 0 Å². The zero-order chi connectivity index (χ0) is 14.1. The van der Waals surface area contributed by atoms with Crippen molar-refractivity contribution in [1.29, 1.82) is 0 Å². The second-order valence-corrected chi connectivity index (χ2v) is 5.30. The molecular weight excluding hydrogens is 278 g/mol. The molecule has 1 aromatic rings. The van der Waals surface area contributed by atoms with E-state index in [0.29, 0.717) is 18.2 Å². The van der Waals surface area contributed by atoms with Crippen LogP contribution in [0.15, 0.2) is 23.1 Å². The van der Waals surface area contributed by atoms with E-state index in [9.17, 15) is 0 Å². The van der Waals surface area contributed by atoms with Crippen molar-refractivity contribution in [3.8, 4) is 5.75 Å². The Morgan fingerprint density at radius 3 is 2.74 bits per heavy atom. The molecule has 0 spiro atoms. The predicted octanol–water partition coefficient (Wildman–Crippen LogP) is 3.24. The molecule has 5 heteroatoms. The topological polar surface area (TPSA) is 44.5 Å². The largest absolute Gasteiger partial charge is 0.490 e. The number of thioether (sulfide) groups is 1. The maximum atomic E-state index is 5.77. The first-order valence-electron chi connectivity index (χ1n) is 6.38. The third-order valence-corrected chi connectivity index (χ3v) is 3.57. The minimum atomic E-state index is 0.367. The molecule has 0 aromatic heterocycles. The SMILES string of the molecule is CCCCOCCOc1cccc(SC)c1C(N)=S. The molecule has 0 aliphatic rings. The highest BCUT2D eigenvalue weighted by Gasteiger charge is 2.11. The fraction of sp³-hybridized carbons (Fsp3) is 0.500. The van der Waals surface area contributed by atoms with Crippen LogP contribution in [-0.4, -0.2) is 31.1 Å². The summed E-state index contributed by atoms with van der Waals surface area (Å²) in [6, 6.07) is 5.82. The Morgan fingerprint density at radius 2 is 2.11 bits per heavy atom. The summed E-state index contributed by atoms with van der Waals surface area (Å²) in [5.74, 6) is 0.735. The van der Waals surface area contributed by atoms with Gasteiger partial charge in [0.2, 0.25) is 0 Å². The molecule has 2 N–H and O–H groups in total. The molecule has 106 valence electrons. The average molecular weight is 299 g/mol. The van der Waals surface area contributed by atoms with Gasteiger partial charge < -0.3 is 15.2 Å². The summed E-state index contributed by atoms with van der Waals surface area (Å²) in [6.45, 7) is 4.02. The normalized spacial score (nSPS) is 10.4. The molecule has 0 saturated carbocycles. The van der Waals surface area contributed by atoms with Crippen LogP contribution in [0.4, 0.5) is 0 Å². The Labute approximate surface area is 124 Å². The van der Waals surface area contributed by atoms with Crippen molar-refractivity contribution in [3.05, 3.63) is 23.8 Å². The summed E-state index contributed by atoms with van der Waals surface area (Å²) in [5.41, 5.74) is 6.59. The molecule has 0 aliphatic heterocycles. The third kappa shape index (κ3) is 5.38. The first kappa shape index (κ1) is 16.3. The maximum absolute atomic E-state index is 5.77. The number of hydrogen-bond donors (Lipinski definition) is 1. The minimum Gasteiger partial charge on any atom is -0.490 e. The Bertz CT molecular complexity index is 410. The van der Waals surface area contributed by atoms with Crippen molar-refractivity contribution in [3.63, 3.8) is 0 Å². The van der Waals surface area contributed by atoms with E-state index in [1.165, 1.54) is 0 Å². The monoisotopic (exact) mass is 299 g/mol. The molecule has 0 amide bonds. The minimum absolute atomic E-state index is 0.367. The summed E-state index contributed by atoms with van der Waals surface area (Å²) in [4.78, 5) is 1.41. The van der Waals surface area contributed by atoms with Crippen LogP contribution in [0.3, 0.4) is 0 Å². The third-order valence-electron chi connectivity index (χ3n) is 2.58. The number of rotatable bonds is 9. The first-order valence-corrected chi connectivity index (χ1v) is 8.01. The van der Waals surface area contributed by atoms with Gasteiger partial charge in [0.25, 0.3) is 0 Å². The van der Waals surface area contributed by atoms with Crippen LogP contribution in [0.1, 0.15) is 25.3 Å². The molecule has 3 nitrogen and oxygen atoms in total. The van der Waals surface area contributed by atoms with Gasteiger partial charge in [-0.3, -0.25) is 0 Å². The average Bonchev–Trinajstić information content (AvgIpc) is 2.42. The molecule has 19 heavy (non-hydrogen) atoms. The van der Waals surface area contributed by atoms with Crippen LogP contribution in [0.2, 0.25) is 0 Å². The van der Waals surface area contributed by atoms with E-state index in [-0.39, 0.29) is 0 Å². The molecule has 0 unspecified atom stereocenters. The molecule has 0 saturated heterocycles. The molecule has 0 aliphatic carbocycles. The van der Waals surface area contributed by atoms with Crippen LogP contribution < -0.4 is 10.5 Å². The Balaban J connectivity index is 2.55. The van der Waals surface area contributed by atoms with E-state index in [1.807, 2.05) is 24.5 Å². The molecular formula is C14H21NO2S2. The number of nitrogens with two attached hydrogens (primary N) is 1. The van der Waals surface area contributed by atoms with Crippen LogP contribution in [0.25, 0.3) is 0 Å². The van der Waals surface area contributed by atoms with Crippen molar-refractivity contribution < 1.29 is 9.47 Å². The van der Waals surface area contributed by atoms with Gasteiger partial charge >= 0.3 is 0 Å². The summed E-state index contributed by atoms with van der Waals surface area (Å²) in [6.07, 6.45) is 4.22. The van der Waals surface area contributed by atoms with Crippen molar-refractivity contribution in [1.82, 2.24) is 0 Å². The van der Waals surface area contributed by atoms with Crippen molar-refractivity contribution in [2.24, 2.45) is 5.73 Å². The van der Waals surface area contributed by atoms with Gasteiger partial charge in [0.1, 0.15) is 17.3 Å². The predicted molar refractivity (Wildman–Crippen MR) is 85.3 cm³/mol. The summed E-state index contributed by atoms with van der Waals surface area (Å²) >= 11 is 6.70. The van der Waals surface area contributed by atoms with E-state index < -0.39 is 0 Å². The lowest BCUT2D eigenvalue weighted by molar-refractivity contribution is 0.0979. The number of thiocarbonyl (C=S) groups is 1. The molecule has 0 heterocycles. The number of hydrogen-bond acceptors (Lipinski definition) is 4. The van der Waals surface area contributed by atoms with Crippen LogP contribution >= 0.6 is 24.0 Å². The Kier molecular flexibility index (Phi) is 7.86. The summed E-state index contributed by atoms with van der Waals surface area (Å²) in [5, 5.41) is 0. The maximum Gasteiger partial charge on any atom is 0.130 e. The Hall–Kier alpha value is -0.780. The van der Waals surface area contributed by atoms with Gasteiger partial charge in [-0.1, -0.05) is 31.6 Å². The van der Waals surface area contributed by atoms with E-state index in [4.69, 9.17) is 27.4 Å². The fourth-order valence-corrected chi connectivity index (χ4v) is 2.51. The standard InChI is InChI=1S/C14H21NO2S2/c1-3-4-8-16-9-10-17-11-6-5-7-12(19-2)13(11)14(15)18/h5-7H,3-4,8-10H2,1-2H3,(H2,15,18). The fourth-order valence-electron chi connectivity index (χ4n) is 1.60. The molecule has 1 rings (SSSR count). The molecule has 0 atom stereocenters. The molecule has 0 radical (unpaired) electrons. The number of ether oxygens (including phenoxy) is 2. The van der Waals surface area contributed by atoms with Gasteiger partial charge in [0, 0.05) is 11.5 Å². The van der Waals surface area contributed by atoms with Gasteiger partial charge in [-0.15, -0.1) is 11.8 Å². The van der Waals surface area contributed by atoms with Crippen LogP contribution in [0, 0.1) is 0 Å². The van der Waals surface area contributed by atoms with Crippen molar-refractivity contribution in [2.75, 3.05) is 26.1 Å². The molecule has 1 aromatic carbocycles. The first-order chi connectivity index (χ1) is 9.20. The summed E-state index contributed by atoms with van der Waals surface area (Å²) in [7, 11) is 0. The van der Waals surface area contributed by atoms with E-state index >= 15 is 0 Å². The smallest absolute Gasteiger partial charge is 0.130 e. The van der Waals surface area contributed by atoms with E-state index in [1.54, 1.807) is 11.8 Å². The second-order valence-electron chi connectivity index (χ2n) is 4.01. The van der Waals surface area contributed by atoms with E-state index in [2.05, 4.69) is 6.92 Å². The second kappa shape index (κ2) is 9.18. The highest BCUT2D eigenvalue weighted by molar-refractivity contribution is 7.98. The highest BCUT2D eigenvalue weighted by atomic mass is 32.2. The summed E-state index contributed by atoms with van der Waals surface area (Å²) < 4.78 is 11.2. The highest BCUT2D eigenvalue weighted by Crippen LogP contribution is 2.28. The van der Waals surface area contributed by atoms with Crippen LogP contribution in [0.5, 0.6) is 5.75 Å². The van der Waals surface area contributed by atoms with Gasteiger partial charge in [0.15, 0.2) is 0 Å². The van der Waals surface area contributed by atoms with Gasteiger partial charge in [-0.05, 0) is 24.8 Å². The molecule has 0 fully saturated rings. The lowest BCUT2D eigenvalue weighted by Gasteiger charge is -2.13. The Morgan fingerprint density at radius 1 is 1.32 bits per heavy atom. The van der Waals surface area contributed by atoms with E-state index in [0.717, 1.165) is 35.7 Å². The number of unbranched alkanes of at least 4 members (excludes halogenated alkanes) is 1. The van der Waals surface area contributed by atoms with Gasteiger partial charge in [-0.25, -0.2) is 0 Å². The zero-order valence-corrected chi connectivity index (χ0v) is 13.1. The lowest BCUT2D eigenvalue weighted by atomic mass is 10.2. The lowest BCUT2D eigenvalue weighted by Crippen LogP contribution is -2.15. The quantitative estimate of drug-likeness (QED) is 0.431. The van der Waals surface area contributed by atoms with Crippen molar-refractivity contribution >= 4 is 29.0 Å². The van der Waals surface area contributed by atoms with Gasteiger partial charge in [0.05, 0.1) is 12.2 Å². The van der Waals surface area contributed by atoms with Crippen LogP contribution in [-0.2, 0) is 4.74 Å². The number of benzene rings is 1. The van der Waals surface area contributed by atoms with Crippen molar-refractivity contribution in [2.45, 2.75) is 24.7 Å².